The number of phenolic OH excluding ortho intramolecular Hbond substituents is 2. The van der Waals surface area contributed by atoms with Crippen molar-refractivity contribution in [2.75, 3.05) is 0 Å². The zero-order chi connectivity index (χ0) is 13.0. The molecule has 0 amide bonds. The quantitative estimate of drug-likeness (QED) is 0.724. The Bertz CT molecular complexity index is 511. The van der Waals surface area contributed by atoms with Gasteiger partial charge in [0.1, 0.15) is 0 Å². The molecule has 0 aliphatic heterocycles. The molecule has 0 heterocycles. The van der Waals surface area contributed by atoms with E-state index in [-0.39, 0.29) is 17.5 Å². The van der Waals surface area contributed by atoms with Crippen LogP contribution in [-0.4, -0.2) is 10.2 Å². The third-order valence-corrected chi connectivity index (χ3v) is 3.00. The van der Waals surface area contributed by atoms with Crippen LogP contribution in [0.4, 0.5) is 0 Å². The van der Waals surface area contributed by atoms with E-state index in [0.29, 0.717) is 12.1 Å². The second-order valence-corrected chi connectivity index (χ2v) is 4.30. The van der Waals surface area contributed by atoms with Crippen molar-refractivity contribution in [2.45, 2.75) is 19.5 Å². The minimum Gasteiger partial charge on any atom is -0.504 e. The number of nitrogens with one attached hydrogen (secondary N) is 1. The molecule has 2 aromatic rings. The minimum absolute atomic E-state index is 0.0507. The summed E-state index contributed by atoms with van der Waals surface area (Å²) in [6.07, 6.45) is 0. The topological polar surface area (TPSA) is 52.5 Å². The van der Waals surface area contributed by atoms with Gasteiger partial charge in [0.2, 0.25) is 0 Å². The lowest BCUT2D eigenvalue weighted by molar-refractivity contribution is 0.396. The molecule has 3 nitrogen and oxygen atoms in total. The standard InChI is InChI=1S/C15H17NO2/c1-11(12-6-3-2-4-7-12)16-10-13-8-5-9-14(17)15(13)18/h2-9,11,16-18H,10H2,1H3/t11-/m1/s1. The van der Waals surface area contributed by atoms with Crippen LogP contribution < -0.4 is 5.32 Å². The molecule has 0 aliphatic carbocycles. The van der Waals surface area contributed by atoms with E-state index in [2.05, 4.69) is 24.4 Å². The third kappa shape index (κ3) is 2.81. The molecule has 0 aliphatic rings. The Kier molecular flexibility index (Phi) is 3.85. The van der Waals surface area contributed by atoms with E-state index in [1.807, 2.05) is 18.2 Å². The minimum atomic E-state index is -0.0818. The summed E-state index contributed by atoms with van der Waals surface area (Å²) >= 11 is 0. The third-order valence-electron chi connectivity index (χ3n) is 3.00. The first-order chi connectivity index (χ1) is 8.68. The van der Waals surface area contributed by atoms with Crippen LogP contribution in [0.15, 0.2) is 48.5 Å². The molecule has 0 spiro atoms. The van der Waals surface area contributed by atoms with Gasteiger partial charge in [-0.05, 0) is 18.6 Å². The lowest BCUT2D eigenvalue weighted by atomic mass is 10.1. The number of phenols is 2. The highest BCUT2D eigenvalue weighted by atomic mass is 16.3. The second-order valence-electron chi connectivity index (χ2n) is 4.30. The van der Waals surface area contributed by atoms with Crippen LogP contribution in [0.25, 0.3) is 0 Å². The van der Waals surface area contributed by atoms with E-state index >= 15 is 0 Å². The number of rotatable bonds is 4. The molecule has 18 heavy (non-hydrogen) atoms. The number of para-hydroxylation sites is 1. The first-order valence-corrected chi connectivity index (χ1v) is 5.96. The van der Waals surface area contributed by atoms with Crippen LogP contribution in [0.5, 0.6) is 11.5 Å². The summed E-state index contributed by atoms with van der Waals surface area (Å²) in [6.45, 7) is 2.57. The Balaban J connectivity index is 2.02. The maximum atomic E-state index is 9.69. The average molecular weight is 243 g/mol. The molecule has 0 bridgehead atoms. The lowest BCUT2D eigenvalue weighted by Crippen LogP contribution is -2.18. The molecule has 0 radical (unpaired) electrons. The van der Waals surface area contributed by atoms with Crippen molar-refractivity contribution in [2.24, 2.45) is 0 Å². The summed E-state index contributed by atoms with van der Waals surface area (Å²) in [5, 5.41) is 22.4. The van der Waals surface area contributed by atoms with Crippen LogP contribution in [0.2, 0.25) is 0 Å². The zero-order valence-electron chi connectivity index (χ0n) is 10.3. The van der Waals surface area contributed by atoms with Crippen molar-refractivity contribution >= 4 is 0 Å². The van der Waals surface area contributed by atoms with E-state index in [1.54, 1.807) is 12.1 Å². The Morgan fingerprint density at radius 1 is 1.00 bits per heavy atom. The highest BCUT2D eigenvalue weighted by Gasteiger charge is 2.08. The molecular weight excluding hydrogens is 226 g/mol. The molecule has 0 saturated heterocycles. The summed E-state index contributed by atoms with van der Waals surface area (Å²) in [4.78, 5) is 0. The van der Waals surface area contributed by atoms with Gasteiger partial charge in [-0.3, -0.25) is 0 Å². The molecule has 0 fully saturated rings. The van der Waals surface area contributed by atoms with Gasteiger partial charge in [-0.2, -0.15) is 0 Å². The fraction of sp³-hybridized carbons (Fsp3) is 0.200. The maximum absolute atomic E-state index is 9.69. The monoisotopic (exact) mass is 243 g/mol. The van der Waals surface area contributed by atoms with Gasteiger partial charge < -0.3 is 15.5 Å². The van der Waals surface area contributed by atoms with Crippen molar-refractivity contribution in [3.63, 3.8) is 0 Å². The second kappa shape index (κ2) is 5.56. The van der Waals surface area contributed by atoms with E-state index in [9.17, 15) is 10.2 Å². The molecule has 0 saturated carbocycles. The van der Waals surface area contributed by atoms with Crippen LogP contribution in [0.1, 0.15) is 24.1 Å². The SMILES string of the molecule is C[C@@H](NCc1cccc(O)c1O)c1ccccc1. The van der Waals surface area contributed by atoms with Crippen LogP contribution in [0.3, 0.4) is 0 Å². The van der Waals surface area contributed by atoms with Gasteiger partial charge in [0.05, 0.1) is 0 Å². The van der Waals surface area contributed by atoms with Crippen molar-refractivity contribution in [1.82, 2.24) is 5.32 Å². The molecule has 2 aromatic carbocycles. The Labute approximate surface area is 107 Å². The fourth-order valence-electron chi connectivity index (χ4n) is 1.84. The average Bonchev–Trinajstić information content (AvgIpc) is 2.41. The first kappa shape index (κ1) is 12.5. The Morgan fingerprint density at radius 2 is 1.72 bits per heavy atom. The van der Waals surface area contributed by atoms with Crippen molar-refractivity contribution in [1.29, 1.82) is 0 Å². The highest BCUT2D eigenvalue weighted by Crippen LogP contribution is 2.28. The van der Waals surface area contributed by atoms with Crippen LogP contribution in [0, 0.1) is 0 Å². The molecule has 3 heteroatoms. The van der Waals surface area contributed by atoms with Gasteiger partial charge in [-0.1, -0.05) is 42.5 Å². The molecule has 0 unspecified atom stereocenters. The smallest absolute Gasteiger partial charge is 0.161 e. The van der Waals surface area contributed by atoms with Crippen LogP contribution in [-0.2, 0) is 6.54 Å². The van der Waals surface area contributed by atoms with E-state index < -0.39 is 0 Å². The predicted molar refractivity (Wildman–Crippen MR) is 71.5 cm³/mol. The fourth-order valence-corrected chi connectivity index (χ4v) is 1.84. The van der Waals surface area contributed by atoms with Gasteiger partial charge in [-0.15, -0.1) is 0 Å². The van der Waals surface area contributed by atoms with Gasteiger partial charge in [0.25, 0.3) is 0 Å². The number of hydrogen-bond donors (Lipinski definition) is 3. The molecule has 1 atom stereocenters. The Morgan fingerprint density at radius 3 is 2.44 bits per heavy atom. The summed E-state index contributed by atoms with van der Waals surface area (Å²) in [6, 6.07) is 15.3. The number of hydrogen-bond acceptors (Lipinski definition) is 3. The van der Waals surface area contributed by atoms with E-state index in [4.69, 9.17) is 0 Å². The molecule has 0 aromatic heterocycles. The van der Waals surface area contributed by atoms with Gasteiger partial charge in [0.15, 0.2) is 11.5 Å². The highest BCUT2D eigenvalue weighted by molar-refractivity contribution is 5.44. The summed E-state index contributed by atoms with van der Waals surface area (Å²) in [5.41, 5.74) is 1.88. The molecule has 3 N–H and O–H groups in total. The van der Waals surface area contributed by atoms with Crippen molar-refractivity contribution in [3.8, 4) is 11.5 Å². The lowest BCUT2D eigenvalue weighted by Gasteiger charge is -2.15. The summed E-state index contributed by atoms with van der Waals surface area (Å²) < 4.78 is 0. The predicted octanol–water partition coefficient (Wildman–Crippen LogP) is 2.95. The Hall–Kier alpha value is -2.00. The molecular formula is C15H17NO2. The van der Waals surface area contributed by atoms with Crippen molar-refractivity contribution in [3.05, 3.63) is 59.7 Å². The number of benzene rings is 2. The molecule has 2 rings (SSSR count). The summed E-state index contributed by atoms with van der Waals surface area (Å²) in [5.74, 6) is -0.132. The largest absolute Gasteiger partial charge is 0.504 e. The van der Waals surface area contributed by atoms with E-state index in [1.165, 1.54) is 11.6 Å². The normalized spacial score (nSPS) is 12.3. The maximum Gasteiger partial charge on any atom is 0.161 e. The molecule has 94 valence electrons. The van der Waals surface area contributed by atoms with Crippen LogP contribution >= 0.6 is 0 Å². The van der Waals surface area contributed by atoms with E-state index in [0.717, 1.165) is 0 Å². The zero-order valence-corrected chi connectivity index (χ0v) is 10.3. The van der Waals surface area contributed by atoms with Gasteiger partial charge in [0, 0.05) is 18.2 Å². The van der Waals surface area contributed by atoms with Crippen molar-refractivity contribution < 1.29 is 10.2 Å². The van der Waals surface area contributed by atoms with Gasteiger partial charge >= 0.3 is 0 Å². The first-order valence-electron chi connectivity index (χ1n) is 5.96. The van der Waals surface area contributed by atoms with Gasteiger partial charge in [-0.25, -0.2) is 0 Å². The summed E-state index contributed by atoms with van der Waals surface area (Å²) in [7, 11) is 0. The number of aromatic hydroxyl groups is 2.